The Morgan fingerprint density at radius 1 is 1.27 bits per heavy atom. The van der Waals surface area contributed by atoms with Gasteiger partial charge in [0.2, 0.25) is 0 Å². The fourth-order valence-corrected chi connectivity index (χ4v) is 4.07. The molecule has 2 N–H and O–H groups in total. The van der Waals surface area contributed by atoms with Crippen LogP contribution in [0.2, 0.25) is 5.02 Å². The summed E-state index contributed by atoms with van der Waals surface area (Å²) >= 11 is 7.76. The van der Waals surface area contributed by atoms with Gasteiger partial charge in [0.05, 0.1) is 25.0 Å². The molecule has 4 aromatic rings. The number of hydrogen-bond donors (Lipinski definition) is 2. The van der Waals surface area contributed by atoms with Crippen molar-refractivity contribution in [1.82, 2.24) is 29.7 Å². The van der Waals surface area contributed by atoms with Crippen LogP contribution in [0.3, 0.4) is 0 Å². The number of esters is 1. The number of thioether (sulfide) groups is 1. The third-order valence-electron chi connectivity index (χ3n) is 5.36. The Kier molecular flexibility index (Phi) is 9.55. The minimum Gasteiger partial charge on any atom is -0.464 e. The van der Waals surface area contributed by atoms with Gasteiger partial charge in [-0.3, -0.25) is 14.3 Å². The molecule has 212 valence electrons. The molecular weight excluding hydrogens is 568 g/mol. The van der Waals surface area contributed by atoms with Crippen LogP contribution in [0.5, 0.6) is 5.75 Å². The molecule has 3 aromatic heterocycles. The Bertz CT molecular complexity index is 1490. The molecule has 0 atom stereocenters. The minimum atomic E-state index is -3.48. The number of ether oxygens (including phenoxy) is 2. The summed E-state index contributed by atoms with van der Waals surface area (Å²) < 4.78 is 40.5. The Balaban J connectivity index is 1.59. The van der Waals surface area contributed by atoms with Crippen LogP contribution in [0.4, 0.5) is 14.5 Å². The summed E-state index contributed by atoms with van der Waals surface area (Å²) in [7, 11) is 0. The smallest absolute Gasteiger partial charge is 0.394 e. The Morgan fingerprint density at radius 2 is 2.10 bits per heavy atom. The molecule has 0 unspecified atom stereocenters. The lowest BCUT2D eigenvalue weighted by molar-refractivity contribution is -0.158. The van der Waals surface area contributed by atoms with Crippen molar-refractivity contribution >= 4 is 46.6 Å². The van der Waals surface area contributed by atoms with Crippen LogP contribution in [0.15, 0.2) is 49.1 Å². The topological polar surface area (TPSA) is 125 Å². The van der Waals surface area contributed by atoms with Gasteiger partial charge >= 0.3 is 12.1 Å². The summed E-state index contributed by atoms with van der Waals surface area (Å²) in [6.07, 6.45) is 4.53. The highest BCUT2D eigenvalue weighted by Crippen LogP contribution is 2.38. The van der Waals surface area contributed by atoms with Crippen molar-refractivity contribution in [2.24, 2.45) is 0 Å². The minimum absolute atomic E-state index is 0.00565. The van der Waals surface area contributed by atoms with Gasteiger partial charge in [-0.2, -0.15) is 30.7 Å². The highest BCUT2D eigenvalue weighted by Gasteiger charge is 2.27. The molecule has 3 heterocycles. The third kappa shape index (κ3) is 7.67. The van der Waals surface area contributed by atoms with E-state index in [9.17, 15) is 18.4 Å². The van der Waals surface area contributed by atoms with Crippen molar-refractivity contribution in [3.63, 3.8) is 0 Å². The first-order valence-electron chi connectivity index (χ1n) is 12.0. The first-order valence-corrected chi connectivity index (χ1v) is 13.8. The van der Waals surface area contributed by atoms with Crippen molar-refractivity contribution in [3.05, 3.63) is 59.6 Å². The molecule has 0 radical (unpaired) electrons. The highest BCUT2D eigenvalue weighted by atomic mass is 35.5. The number of halogens is 3. The molecular formula is C25H26ClF2N7O4S. The molecule has 11 nitrogen and oxygen atoms in total. The number of anilines is 1. The predicted octanol–water partition coefficient (Wildman–Crippen LogP) is 3.99. The van der Waals surface area contributed by atoms with Crippen molar-refractivity contribution < 1.29 is 27.8 Å². The summed E-state index contributed by atoms with van der Waals surface area (Å²) in [5.74, 6) is -0.389. The lowest BCUT2D eigenvalue weighted by Crippen LogP contribution is -2.28. The van der Waals surface area contributed by atoms with E-state index in [1.54, 1.807) is 30.2 Å². The summed E-state index contributed by atoms with van der Waals surface area (Å²) in [5, 5.41) is 14.6. The zero-order valence-electron chi connectivity index (χ0n) is 21.6. The third-order valence-corrected chi connectivity index (χ3v) is 6.17. The first kappa shape index (κ1) is 29.2. The molecule has 0 aliphatic heterocycles. The van der Waals surface area contributed by atoms with E-state index in [0.29, 0.717) is 31.5 Å². The number of alkyl halides is 2. The van der Waals surface area contributed by atoms with Gasteiger partial charge in [-0.25, -0.2) is 9.50 Å². The van der Waals surface area contributed by atoms with E-state index in [2.05, 4.69) is 25.8 Å². The number of hydrogen-bond acceptors (Lipinski definition) is 9. The monoisotopic (exact) mass is 593 g/mol. The second-order valence-electron chi connectivity index (χ2n) is 8.50. The van der Waals surface area contributed by atoms with E-state index >= 15 is 0 Å². The van der Waals surface area contributed by atoms with Crippen molar-refractivity contribution in [3.8, 4) is 17.0 Å². The van der Waals surface area contributed by atoms with E-state index < -0.39 is 12.0 Å². The fraction of sp³-hybridized carbons (Fsp3) is 0.320. The number of amides is 1. The number of carbonyl (C=O) groups is 2. The molecule has 4 rings (SSSR count). The van der Waals surface area contributed by atoms with Gasteiger partial charge in [-0.15, -0.1) is 0 Å². The largest absolute Gasteiger partial charge is 0.464 e. The number of fused-ring (bicyclic) bond motifs is 1. The molecule has 0 aliphatic carbocycles. The summed E-state index contributed by atoms with van der Waals surface area (Å²) in [4.78, 5) is 29.2. The van der Waals surface area contributed by atoms with Crippen LogP contribution < -0.4 is 15.4 Å². The fourth-order valence-electron chi connectivity index (χ4n) is 3.65. The molecule has 0 spiro atoms. The molecule has 0 aliphatic rings. The van der Waals surface area contributed by atoms with Gasteiger partial charge in [0.1, 0.15) is 23.6 Å². The molecule has 1 aromatic carbocycles. The van der Waals surface area contributed by atoms with Crippen LogP contribution >= 0.6 is 23.4 Å². The summed E-state index contributed by atoms with van der Waals surface area (Å²) in [6, 6.07) is 5.81. The molecule has 1 amide bonds. The van der Waals surface area contributed by atoms with Gasteiger partial charge in [-0.1, -0.05) is 11.6 Å². The van der Waals surface area contributed by atoms with E-state index in [1.165, 1.54) is 39.8 Å². The molecule has 0 fully saturated rings. The first-order chi connectivity index (χ1) is 19.1. The number of aromatic nitrogens is 5. The van der Waals surface area contributed by atoms with Gasteiger partial charge in [0, 0.05) is 48.4 Å². The zero-order chi connectivity index (χ0) is 28.7. The van der Waals surface area contributed by atoms with Crippen molar-refractivity contribution in [2.45, 2.75) is 19.6 Å². The van der Waals surface area contributed by atoms with E-state index in [0.717, 1.165) is 0 Å². The number of rotatable bonds is 13. The Morgan fingerprint density at radius 3 is 2.88 bits per heavy atom. The van der Waals surface area contributed by atoms with Crippen molar-refractivity contribution in [1.29, 1.82) is 0 Å². The second-order valence-corrected chi connectivity index (χ2v) is 9.92. The van der Waals surface area contributed by atoms with Gasteiger partial charge in [0.15, 0.2) is 5.65 Å². The molecule has 0 bridgehead atoms. The average Bonchev–Trinajstić information content (AvgIpc) is 3.51. The lowest BCUT2D eigenvalue weighted by Gasteiger charge is -2.16. The SMILES string of the molecule is CSCCOC(=O)CNCCn1cc(NC(=O)c2cnn3cccnc23)c(-c2cc(Cl)ccc2OC(C)(F)F)n1. The van der Waals surface area contributed by atoms with Gasteiger partial charge < -0.3 is 20.1 Å². The maximum atomic E-state index is 13.8. The van der Waals surface area contributed by atoms with E-state index in [-0.39, 0.29) is 52.3 Å². The van der Waals surface area contributed by atoms with Gasteiger partial charge in [-0.05, 0) is 30.5 Å². The molecule has 0 saturated carbocycles. The number of nitrogens with one attached hydrogen (secondary N) is 2. The Hall–Kier alpha value is -3.75. The number of nitrogens with zero attached hydrogens (tertiary/aromatic N) is 5. The zero-order valence-corrected chi connectivity index (χ0v) is 23.1. The van der Waals surface area contributed by atoms with Gasteiger partial charge in [0.25, 0.3) is 5.91 Å². The number of carbonyl (C=O) groups excluding carboxylic acids is 2. The van der Waals surface area contributed by atoms with Crippen LogP contribution in [-0.4, -0.2) is 74.1 Å². The van der Waals surface area contributed by atoms with E-state index in [4.69, 9.17) is 21.1 Å². The van der Waals surface area contributed by atoms with Crippen LogP contribution in [0, 0.1) is 0 Å². The lowest BCUT2D eigenvalue weighted by atomic mass is 10.1. The van der Waals surface area contributed by atoms with Crippen LogP contribution in [-0.2, 0) is 16.1 Å². The molecule has 0 saturated heterocycles. The standard InChI is InChI=1S/C25H26ClF2N7O4S/c1-25(27,28)39-20-5-4-16(26)12-17(20)22-19(32-24(37)18-13-31-35-8-3-6-30-23(18)35)15-34(33-22)9-7-29-14-21(36)38-10-11-40-2/h3-6,8,12-13,15,29H,7,9-11,14H2,1-2H3,(H,32,37). The Labute approximate surface area is 237 Å². The van der Waals surface area contributed by atoms with E-state index in [1.807, 2.05) is 6.26 Å². The quantitative estimate of drug-likeness (QED) is 0.175. The predicted molar refractivity (Wildman–Crippen MR) is 147 cm³/mol. The normalized spacial score (nSPS) is 11.5. The summed E-state index contributed by atoms with van der Waals surface area (Å²) in [6.45, 7) is 1.56. The maximum absolute atomic E-state index is 13.8. The summed E-state index contributed by atoms with van der Waals surface area (Å²) in [5.41, 5.74) is 1.04. The maximum Gasteiger partial charge on any atom is 0.394 e. The number of benzene rings is 1. The van der Waals surface area contributed by atoms with Crippen LogP contribution in [0.1, 0.15) is 17.3 Å². The highest BCUT2D eigenvalue weighted by molar-refractivity contribution is 7.98. The van der Waals surface area contributed by atoms with Crippen molar-refractivity contribution in [2.75, 3.05) is 37.0 Å². The molecule has 40 heavy (non-hydrogen) atoms. The van der Waals surface area contributed by atoms with Crippen LogP contribution in [0.25, 0.3) is 16.9 Å². The second kappa shape index (κ2) is 13.1. The molecule has 15 heteroatoms. The average molecular weight is 594 g/mol.